The van der Waals surface area contributed by atoms with Crippen LogP contribution in [0.1, 0.15) is 18.9 Å². The molecule has 0 bridgehead atoms. The minimum atomic E-state index is -0.500. The Morgan fingerprint density at radius 3 is 2.55 bits per heavy atom. The Labute approximate surface area is 173 Å². The number of halogens is 1. The van der Waals surface area contributed by atoms with Crippen molar-refractivity contribution in [1.29, 1.82) is 0 Å². The highest BCUT2D eigenvalue weighted by atomic mass is 32.2. The van der Waals surface area contributed by atoms with Crippen molar-refractivity contribution in [3.8, 4) is 0 Å². The molecule has 2 fully saturated rings. The first kappa shape index (κ1) is 21.5. The van der Waals surface area contributed by atoms with Crippen LogP contribution in [0.5, 0.6) is 0 Å². The lowest BCUT2D eigenvalue weighted by atomic mass is 9.97. The second-order valence-electron chi connectivity index (χ2n) is 7.19. The molecule has 2 saturated heterocycles. The van der Waals surface area contributed by atoms with Crippen molar-refractivity contribution in [1.82, 2.24) is 25.8 Å². The lowest BCUT2D eigenvalue weighted by molar-refractivity contribution is -0.140. The quantitative estimate of drug-likeness (QED) is 0.630. The van der Waals surface area contributed by atoms with E-state index in [1.54, 1.807) is 19.2 Å². The number of carbonyl (C=O) groups is 3. The van der Waals surface area contributed by atoms with E-state index in [4.69, 9.17) is 0 Å². The van der Waals surface area contributed by atoms with Crippen molar-refractivity contribution in [2.45, 2.75) is 37.6 Å². The number of fused-ring (bicyclic) bond motifs is 1. The molecule has 158 valence electrons. The fourth-order valence-electron chi connectivity index (χ4n) is 3.52. The van der Waals surface area contributed by atoms with Crippen molar-refractivity contribution in [3.63, 3.8) is 0 Å². The molecule has 2 heterocycles. The minimum Gasteiger partial charge on any atom is -0.351 e. The van der Waals surface area contributed by atoms with Gasteiger partial charge in [0, 0.05) is 20.6 Å². The number of benzene rings is 1. The molecule has 0 spiro atoms. The van der Waals surface area contributed by atoms with E-state index in [9.17, 15) is 18.8 Å². The molecule has 29 heavy (non-hydrogen) atoms. The highest BCUT2D eigenvalue weighted by molar-refractivity contribution is 8.00. The Kier molecular flexibility index (Phi) is 6.76. The maximum Gasteiger partial charge on any atom is 0.327 e. The van der Waals surface area contributed by atoms with Gasteiger partial charge in [-0.25, -0.2) is 9.18 Å². The number of amides is 4. The minimum absolute atomic E-state index is 0.0671. The zero-order valence-electron chi connectivity index (χ0n) is 16.6. The molecule has 3 rings (SSSR count). The zero-order valence-corrected chi connectivity index (χ0v) is 17.5. The maximum atomic E-state index is 13.0. The van der Waals surface area contributed by atoms with E-state index in [2.05, 4.69) is 16.0 Å². The van der Waals surface area contributed by atoms with E-state index in [1.165, 1.54) is 35.8 Å². The number of imide groups is 1. The van der Waals surface area contributed by atoms with Crippen LogP contribution in [0, 0.1) is 11.7 Å². The number of hydrogen-bond donors (Lipinski definition) is 3. The molecule has 10 heteroatoms. The Balaban J connectivity index is 1.61. The molecule has 4 atom stereocenters. The molecule has 8 nitrogen and oxygen atoms in total. The first-order valence-electron chi connectivity index (χ1n) is 9.51. The van der Waals surface area contributed by atoms with E-state index < -0.39 is 12.1 Å². The average Bonchev–Trinajstić information content (AvgIpc) is 2.73. The molecule has 1 aromatic carbocycles. The first-order chi connectivity index (χ1) is 13.8. The van der Waals surface area contributed by atoms with Gasteiger partial charge in [0.25, 0.3) is 0 Å². The normalized spacial score (nSPS) is 27.0. The van der Waals surface area contributed by atoms with Crippen LogP contribution in [0.3, 0.4) is 0 Å². The summed E-state index contributed by atoms with van der Waals surface area (Å²) >= 11 is 1.35. The van der Waals surface area contributed by atoms with Crippen LogP contribution >= 0.6 is 11.8 Å². The average molecular weight is 424 g/mol. The van der Waals surface area contributed by atoms with Gasteiger partial charge in [-0.2, -0.15) is 0 Å². The molecule has 4 amide bonds. The molecule has 1 aromatic rings. The molecule has 3 N–H and O–H groups in total. The van der Waals surface area contributed by atoms with Crippen LogP contribution in [0.4, 0.5) is 9.18 Å². The standard InChI is InChI=1S/C19H26FN5O3S/c1-4-13-22-16-15(18(27)25(3)19(28)24(16)2)17(23-13)29-10-14(26)21-9-11-5-7-12(20)8-6-11/h5-8,13,15-17,22-23H,4,9-10H2,1-3H3,(H,21,26). The lowest BCUT2D eigenvalue weighted by Crippen LogP contribution is -2.74. The lowest BCUT2D eigenvalue weighted by Gasteiger charge is -2.50. The highest BCUT2D eigenvalue weighted by Crippen LogP contribution is 2.31. The largest absolute Gasteiger partial charge is 0.351 e. The van der Waals surface area contributed by atoms with Crippen molar-refractivity contribution >= 4 is 29.6 Å². The fourth-order valence-corrected chi connectivity index (χ4v) is 4.69. The Morgan fingerprint density at radius 2 is 1.90 bits per heavy atom. The van der Waals surface area contributed by atoms with Crippen molar-refractivity contribution in [3.05, 3.63) is 35.6 Å². The number of hydrogen-bond acceptors (Lipinski definition) is 6. The van der Waals surface area contributed by atoms with E-state index in [0.29, 0.717) is 6.54 Å². The van der Waals surface area contributed by atoms with Gasteiger partial charge in [0.15, 0.2) is 0 Å². The third-order valence-electron chi connectivity index (χ3n) is 5.23. The van der Waals surface area contributed by atoms with Gasteiger partial charge < -0.3 is 10.2 Å². The topological polar surface area (TPSA) is 93.8 Å². The summed E-state index contributed by atoms with van der Waals surface area (Å²) in [5, 5.41) is 9.17. The van der Waals surface area contributed by atoms with Gasteiger partial charge in [0.1, 0.15) is 5.82 Å². The molecule has 2 aliphatic heterocycles. The first-order valence-corrected chi connectivity index (χ1v) is 10.6. The number of thioether (sulfide) groups is 1. The summed E-state index contributed by atoms with van der Waals surface area (Å²) in [4.78, 5) is 40.0. The van der Waals surface area contributed by atoms with E-state index >= 15 is 0 Å². The smallest absolute Gasteiger partial charge is 0.327 e. The number of carbonyl (C=O) groups excluding carboxylic acids is 3. The molecule has 0 aliphatic carbocycles. The van der Waals surface area contributed by atoms with Crippen LogP contribution in [-0.2, 0) is 16.1 Å². The van der Waals surface area contributed by atoms with E-state index in [1.807, 2.05) is 6.92 Å². The Morgan fingerprint density at radius 1 is 1.21 bits per heavy atom. The van der Waals surface area contributed by atoms with Crippen LogP contribution in [0.25, 0.3) is 0 Å². The zero-order chi connectivity index (χ0) is 21.1. The maximum absolute atomic E-state index is 13.0. The van der Waals surface area contributed by atoms with Crippen LogP contribution in [-0.4, -0.2) is 65.2 Å². The summed E-state index contributed by atoms with van der Waals surface area (Å²) in [5.74, 6) is -1.10. The van der Waals surface area contributed by atoms with Gasteiger partial charge in [-0.1, -0.05) is 19.1 Å². The summed E-state index contributed by atoms with van der Waals surface area (Å²) in [7, 11) is 3.14. The van der Waals surface area contributed by atoms with Gasteiger partial charge in [-0.3, -0.25) is 25.1 Å². The number of rotatable bonds is 6. The number of nitrogens with one attached hydrogen (secondary N) is 3. The van der Waals surface area contributed by atoms with Crippen LogP contribution < -0.4 is 16.0 Å². The van der Waals surface area contributed by atoms with Gasteiger partial charge in [0.2, 0.25) is 11.8 Å². The molecule has 2 aliphatic rings. The van der Waals surface area contributed by atoms with Crippen molar-refractivity contribution in [2.24, 2.45) is 5.92 Å². The monoisotopic (exact) mass is 423 g/mol. The predicted molar refractivity (Wildman–Crippen MR) is 108 cm³/mol. The van der Waals surface area contributed by atoms with Crippen molar-refractivity contribution in [2.75, 3.05) is 19.8 Å². The highest BCUT2D eigenvalue weighted by Gasteiger charge is 2.50. The second-order valence-corrected chi connectivity index (χ2v) is 8.32. The Bertz CT molecular complexity index is 778. The third kappa shape index (κ3) is 4.71. The summed E-state index contributed by atoms with van der Waals surface area (Å²) < 4.78 is 13.0. The summed E-state index contributed by atoms with van der Waals surface area (Å²) in [6, 6.07) is 5.60. The summed E-state index contributed by atoms with van der Waals surface area (Å²) in [5.41, 5.74) is 0.806. The Hall–Kier alpha value is -2.17. The van der Waals surface area contributed by atoms with Gasteiger partial charge in [-0.05, 0) is 24.1 Å². The number of urea groups is 1. The molecule has 0 radical (unpaired) electrons. The molecule has 0 saturated carbocycles. The van der Waals surface area contributed by atoms with E-state index in [-0.39, 0.29) is 41.0 Å². The summed E-state index contributed by atoms with van der Waals surface area (Å²) in [6.45, 7) is 2.31. The van der Waals surface area contributed by atoms with Crippen LogP contribution in [0.2, 0.25) is 0 Å². The van der Waals surface area contributed by atoms with Gasteiger partial charge in [0.05, 0.1) is 29.4 Å². The van der Waals surface area contributed by atoms with Gasteiger partial charge >= 0.3 is 6.03 Å². The molecule has 0 aromatic heterocycles. The molecular weight excluding hydrogens is 397 g/mol. The number of nitrogens with zero attached hydrogens (tertiary/aromatic N) is 2. The molecular formula is C19H26FN5O3S. The summed E-state index contributed by atoms with van der Waals surface area (Å²) in [6.07, 6.45) is 0.281. The van der Waals surface area contributed by atoms with Gasteiger partial charge in [-0.15, -0.1) is 11.8 Å². The van der Waals surface area contributed by atoms with Crippen molar-refractivity contribution < 1.29 is 18.8 Å². The second kappa shape index (κ2) is 9.10. The SMILES string of the molecule is CCC1NC(SCC(=O)NCc2ccc(F)cc2)C2C(=O)N(C)C(=O)N(C)C2N1. The molecule has 4 unspecified atom stereocenters. The fraction of sp³-hybridized carbons (Fsp3) is 0.526. The van der Waals surface area contributed by atoms with E-state index in [0.717, 1.165) is 16.9 Å². The predicted octanol–water partition coefficient (Wildman–Crippen LogP) is 0.896. The third-order valence-corrected chi connectivity index (χ3v) is 6.45. The van der Waals surface area contributed by atoms with Crippen LogP contribution in [0.15, 0.2) is 24.3 Å².